The van der Waals surface area contributed by atoms with Crippen LogP contribution < -0.4 is 15.4 Å². The molecule has 0 radical (unpaired) electrons. The topological polar surface area (TPSA) is 63.2 Å². The number of rotatable bonds is 7. The van der Waals surface area contributed by atoms with Gasteiger partial charge in [-0.3, -0.25) is 4.79 Å². The number of ether oxygens (including phenoxy) is 1. The van der Waals surface area contributed by atoms with Crippen LogP contribution in [0.2, 0.25) is 5.02 Å². The molecule has 1 amide bonds. The number of amides is 1. The quantitative estimate of drug-likeness (QED) is 0.599. The third-order valence-electron chi connectivity index (χ3n) is 4.08. The van der Waals surface area contributed by atoms with Crippen molar-refractivity contribution in [3.05, 3.63) is 64.5 Å². The van der Waals surface area contributed by atoms with Crippen LogP contribution in [0.25, 0.3) is 11.3 Å². The molecule has 2 N–H and O–H groups in total. The highest BCUT2D eigenvalue weighted by molar-refractivity contribution is 7.14. The minimum atomic E-state index is -0.149. The SMILES string of the molecule is COc1ccc(-c2csc(NC(=O)CN[C@H](C)c3ccccc3Cl)n2)cc1. The van der Waals surface area contributed by atoms with Crippen LogP contribution in [0.15, 0.2) is 53.9 Å². The molecule has 0 fully saturated rings. The van der Waals surface area contributed by atoms with E-state index in [2.05, 4.69) is 15.6 Å². The highest BCUT2D eigenvalue weighted by atomic mass is 35.5. The largest absolute Gasteiger partial charge is 0.497 e. The maximum atomic E-state index is 12.2. The number of benzene rings is 2. The standard InChI is InChI=1S/C20H20ClN3O2S/c1-13(16-5-3-4-6-17(16)21)22-11-19(25)24-20-23-18(12-27-20)14-7-9-15(26-2)10-8-14/h3-10,12-13,22H,11H2,1-2H3,(H,23,24,25)/t13-/m1/s1. The lowest BCUT2D eigenvalue weighted by Gasteiger charge is -2.15. The van der Waals surface area contributed by atoms with Crippen LogP contribution in [-0.2, 0) is 4.79 Å². The number of halogens is 1. The van der Waals surface area contributed by atoms with Crippen molar-refractivity contribution in [1.82, 2.24) is 10.3 Å². The van der Waals surface area contributed by atoms with Crippen molar-refractivity contribution < 1.29 is 9.53 Å². The predicted molar refractivity (Wildman–Crippen MR) is 111 cm³/mol. The second-order valence-electron chi connectivity index (χ2n) is 5.94. The molecule has 0 saturated heterocycles. The Morgan fingerprint density at radius 2 is 1.96 bits per heavy atom. The Labute approximate surface area is 167 Å². The maximum absolute atomic E-state index is 12.2. The third kappa shape index (κ3) is 5.07. The molecule has 27 heavy (non-hydrogen) atoms. The lowest BCUT2D eigenvalue weighted by Crippen LogP contribution is -2.30. The summed E-state index contributed by atoms with van der Waals surface area (Å²) in [6.45, 7) is 2.14. The van der Waals surface area contributed by atoms with E-state index in [-0.39, 0.29) is 18.5 Å². The molecule has 0 spiro atoms. The molecule has 5 nitrogen and oxygen atoms in total. The van der Waals surface area contributed by atoms with Crippen molar-refractivity contribution in [2.45, 2.75) is 13.0 Å². The molecule has 7 heteroatoms. The summed E-state index contributed by atoms with van der Waals surface area (Å²) in [5, 5.41) is 9.17. The molecule has 1 atom stereocenters. The second kappa shape index (κ2) is 8.99. The smallest absolute Gasteiger partial charge is 0.240 e. The lowest BCUT2D eigenvalue weighted by molar-refractivity contribution is -0.115. The summed E-state index contributed by atoms with van der Waals surface area (Å²) >= 11 is 7.58. The van der Waals surface area contributed by atoms with Crippen molar-refractivity contribution in [3.8, 4) is 17.0 Å². The van der Waals surface area contributed by atoms with Gasteiger partial charge in [-0.1, -0.05) is 29.8 Å². The van der Waals surface area contributed by atoms with Crippen molar-refractivity contribution >= 4 is 34.0 Å². The van der Waals surface area contributed by atoms with Crippen LogP contribution >= 0.6 is 22.9 Å². The molecule has 140 valence electrons. The third-order valence-corrected chi connectivity index (χ3v) is 5.18. The summed E-state index contributed by atoms with van der Waals surface area (Å²) in [5.74, 6) is 0.644. The molecule has 1 aromatic heterocycles. The summed E-state index contributed by atoms with van der Waals surface area (Å²) in [5.41, 5.74) is 2.75. The van der Waals surface area contributed by atoms with Gasteiger partial charge in [-0.15, -0.1) is 11.3 Å². The van der Waals surface area contributed by atoms with E-state index in [1.165, 1.54) is 11.3 Å². The van der Waals surface area contributed by atoms with Crippen LogP contribution in [0, 0.1) is 0 Å². The molecule has 3 rings (SSSR count). The Bertz CT molecular complexity index is 912. The van der Waals surface area contributed by atoms with Crippen LogP contribution in [0.4, 0.5) is 5.13 Å². The number of nitrogens with zero attached hydrogens (tertiary/aromatic N) is 1. The summed E-state index contributed by atoms with van der Waals surface area (Å²) in [7, 11) is 1.63. The fourth-order valence-corrected chi connectivity index (χ4v) is 3.61. The van der Waals surface area contributed by atoms with E-state index < -0.39 is 0 Å². The Morgan fingerprint density at radius 3 is 2.67 bits per heavy atom. The van der Waals surface area contributed by atoms with E-state index >= 15 is 0 Å². The predicted octanol–water partition coefficient (Wildman–Crippen LogP) is 4.76. The minimum Gasteiger partial charge on any atom is -0.497 e. The van der Waals surface area contributed by atoms with E-state index in [9.17, 15) is 4.79 Å². The minimum absolute atomic E-state index is 0.0318. The van der Waals surface area contributed by atoms with Crippen LogP contribution in [-0.4, -0.2) is 24.5 Å². The van der Waals surface area contributed by atoms with Gasteiger partial charge in [0, 0.05) is 22.0 Å². The number of methoxy groups -OCH3 is 1. The number of aromatic nitrogens is 1. The van der Waals surface area contributed by atoms with Gasteiger partial charge in [0.05, 0.1) is 19.3 Å². The highest BCUT2D eigenvalue weighted by Crippen LogP contribution is 2.26. The average molecular weight is 402 g/mol. The van der Waals surface area contributed by atoms with E-state index in [1.54, 1.807) is 7.11 Å². The van der Waals surface area contributed by atoms with Gasteiger partial charge in [0.15, 0.2) is 5.13 Å². The van der Waals surface area contributed by atoms with E-state index in [1.807, 2.05) is 60.8 Å². The Kier molecular flexibility index (Phi) is 6.45. The summed E-state index contributed by atoms with van der Waals surface area (Å²) in [4.78, 5) is 16.7. The molecular formula is C20H20ClN3O2S. The van der Waals surface area contributed by atoms with Crippen LogP contribution in [0.5, 0.6) is 5.75 Å². The first-order valence-corrected chi connectivity index (χ1v) is 9.70. The number of thiazole rings is 1. The number of nitrogens with one attached hydrogen (secondary N) is 2. The molecule has 0 bridgehead atoms. The zero-order chi connectivity index (χ0) is 19.2. The molecule has 0 aliphatic heterocycles. The first-order chi connectivity index (χ1) is 13.1. The summed E-state index contributed by atoms with van der Waals surface area (Å²) in [6.07, 6.45) is 0. The van der Waals surface area contributed by atoms with E-state index in [4.69, 9.17) is 16.3 Å². The Morgan fingerprint density at radius 1 is 1.22 bits per heavy atom. The number of carbonyl (C=O) groups excluding carboxylic acids is 1. The number of anilines is 1. The zero-order valence-corrected chi connectivity index (χ0v) is 16.6. The fourth-order valence-electron chi connectivity index (χ4n) is 2.57. The maximum Gasteiger partial charge on any atom is 0.240 e. The molecule has 2 aromatic carbocycles. The van der Waals surface area contributed by atoms with Gasteiger partial charge >= 0.3 is 0 Å². The normalized spacial score (nSPS) is 11.8. The van der Waals surface area contributed by atoms with Crippen molar-refractivity contribution in [2.24, 2.45) is 0 Å². The van der Waals surface area contributed by atoms with Crippen molar-refractivity contribution in [3.63, 3.8) is 0 Å². The van der Waals surface area contributed by atoms with Gasteiger partial charge in [0.25, 0.3) is 0 Å². The number of carbonyl (C=O) groups is 1. The number of hydrogen-bond donors (Lipinski definition) is 2. The van der Waals surface area contributed by atoms with Gasteiger partial charge in [0.2, 0.25) is 5.91 Å². The van der Waals surface area contributed by atoms with E-state index in [0.717, 1.165) is 22.6 Å². The average Bonchev–Trinajstić information content (AvgIpc) is 3.15. The first kappa shape index (κ1) is 19.4. The van der Waals surface area contributed by atoms with Gasteiger partial charge in [-0.2, -0.15) is 0 Å². The first-order valence-electron chi connectivity index (χ1n) is 8.44. The highest BCUT2D eigenvalue weighted by Gasteiger charge is 2.12. The lowest BCUT2D eigenvalue weighted by atomic mass is 10.1. The van der Waals surface area contributed by atoms with Gasteiger partial charge in [-0.25, -0.2) is 4.98 Å². The Hall–Kier alpha value is -2.41. The monoisotopic (exact) mass is 401 g/mol. The molecule has 0 unspecified atom stereocenters. The molecule has 0 saturated carbocycles. The number of hydrogen-bond acceptors (Lipinski definition) is 5. The second-order valence-corrected chi connectivity index (χ2v) is 7.20. The van der Waals surface area contributed by atoms with Crippen LogP contribution in [0.1, 0.15) is 18.5 Å². The Balaban J connectivity index is 1.55. The molecular weight excluding hydrogens is 382 g/mol. The van der Waals surface area contributed by atoms with E-state index in [0.29, 0.717) is 10.2 Å². The van der Waals surface area contributed by atoms with Gasteiger partial charge in [0.1, 0.15) is 5.75 Å². The van der Waals surface area contributed by atoms with Crippen molar-refractivity contribution in [2.75, 3.05) is 19.0 Å². The fraction of sp³-hybridized carbons (Fsp3) is 0.200. The summed E-state index contributed by atoms with van der Waals surface area (Å²) < 4.78 is 5.16. The molecule has 1 heterocycles. The van der Waals surface area contributed by atoms with Crippen molar-refractivity contribution in [1.29, 1.82) is 0 Å². The zero-order valence-electron chi connectivity index (χ0n) is 15.0. The van der Waals surface area contributed by atoms with Gasteiger partial charge < -0.3 is 15.4 Å². The molecule has 0 aliphatic rings. The van der Waals surface area contributed by atoms with Gasteiger partial charge in [-0.05, 0) is 42.8 Å². The molecule has 0 aliphatic carbocycles. The van der Waals surface area contributed by atoms with Crippen LogP contribution in [0.3, 0.4) is 0 Å². The molecule has 3 aromatic rings. The summed E-state index contributed by atoms with van der Waals surface area (Å²) in [6, 6.07) is 15.2.